The number of carbonyl (C=O) groups excluding carboxylic acids is 2. The van der Waals surface area contributed by atoms with Gasteiger partial charge < -0.3 is 10.2 Å². The minimum atomic E-state index is -0.207. The fraction of sp³-hybridized carbons (Fsp3) is 0.267. The summed E-state index contributed by atoms with van der Waals surface area (Å²) in [5.74, 6) is -0.329. The maximum absolute atomic E-state index is 12.4. The van der Waals surface area contributed by atoms with Crippen LogP contribution >= 0.6 is 0 Å². The molecule has 1 aliphatic heterocycles. The SMILES string of the molecule is O=C1CN(C(=O)c2ccn(-c3ccccc3)n2)CCCN1. The van der Waals surface area contributed by atoms with Crippen LogP contribution in [-0.2, 0) is 4.79 Å². The lowest BCUT2D eigenvalue weighted by Gasteiger charge is -2.17. The first kappa shape index (κ1) is 13.4. The Morgan fingerprint density at radius 3 is 2.81 bits per heavy atom. The van der Waals surface area contributed by atoms with E-state index in [0.717, 1.165) is 12.1 Å². The summed E-state index contributed by atoms with van der Waals surface area (Å²) in [6.07, 6.45) is 2.51. The van der Waals surface area contributed by atoms with E-state index < -0.39 is 0 Å². The molecule has 3 rings (SSSR count). The lowest BCUT2D eigenvalue weighted by molar-refractivity contribution is -0.121. The molecule has 0 spiro atoms. The standard InChI is InChI=1S/C15H16N4O2/c20-14-11-18(9-4-8-16-14)15(21)13-7-10-19(17-13)12-5-2-1-3-6-12/h1-3,5-7,10H,4,8-9,11H2,(H,16,20). The molecular weight excluding hydrogens is 268 g/mol. The molecule has 1 aliphatic rings. The van der Waals surface area contributed by atoms with Crippen molar-refractivity contribution in [3.63, 3.8) is 0 Å². The first-order valence-corrected chi connectivity index (χ1v) is 6.91. The first-order chi connectivity index (χ1) is 10.2. The number of nitrogens with zero attached hydrogens (tertiary/aromatic N) is 3. The normalized spacial score (nSPS) is 15.4. The number of carbonyl (C=O) groups is 2. The summed E-state index contributed by atoms with van der Waals surface area (Å²) in [5, 5.41) is 7.06. The van der Waals surface area contributed by atoms with E-state index in [0.29, 0.717) is 18.8 Å². The second-order valence-corrected chi connectivity index (χ2v) is 4.91. The third kappa shape index (κ3) is 2.94. The highest BCUT2D eigenvalue weighted by atomic mass is 16.2. The third-order valence-corrected chi connectivity index (χ3v) is 3.38. The van der Waals surface area contributed by atoms with Gasteiger partial charge in [-0.25, -0.2) is 4.68 Å². The first-order valence-electron chi connectivity index (χ1n) is 6.91. The van der Waals surface area contributed by atoms with Crippen molar-refractivity contribution in [2.45, 2.75) is 6.42 Å². The predicted molar refractivity (Wildman–Crippen MR) is 77.1 cm³/mol. The highest BCUT2D eigenvalue weighted by Crippen LogP contribution is 2.09. The smallest absolute Gasteiger partial charge is 0.274 e. The van der Waals surface area contributed by atoms with Gasteiger partial charge in [0.1, 0.15) is 0 Å². The van der Waals surface area contributed by atoms with Crippen LogP contribution in [0.15, 0.2) is 42.6 Å². The molecule has 0 unspecified atom stereocenters. The van der Waals surface area contributed by atoms with Crippen molar-refractivity contribution < 1.29 is 9.59 Å². The topological polar surface area (TPSA) is 67.2 Å². The van der Waals surface area contributed by atoms with Crippen molar-refractivity contribution in [3.05, 3.63) is 48.3 Å². The van der Waals surface area contributed by atoms with Crippen LogP contribution < -0.4 is 5.32 Å². The number of hydrogen-bond donors (Lipinski definition) is 1. The van der Waals surface area contributed by atoms with Gasteiger partial charge in [0, 0.05) is 19.3 Å². The zero-order valence-corrected chi connectivity index (χ0v) is 11.5. The number of para-hydroxylation sites is 1. The lowest BCUT2D eigenvalue weighted by Crippen LogP contribution is -2.37. The molecule has 1 fully saturated rings. The van der Waals surface area contributed by atoms with E-state index in [1.807, 2.05) is 30.3 Å². The number of rotatable bonds is 2. The number of benzene rings is 1. The summed E-state index contributed by atoms with van der Waals surface area (Å²) in [7, 11) is 0. The highest BCUT2D eigenvalue weighted by Gasteiger charge is 2.22. The summed E-state index contributed by atoms with van der Waals surface area (Å²) < 4.78 is 1.66. The molecule has 0 aliphatic carbocycles. The largest absolute Gasteiger partial charge is 0.354 e. The summed E-state index contributed by atoms with van der Waals surface area (Å²) in [6, 6.07) is 11.3. The zero-order chi connectivity index (χ0) is 14.7. The fourth-order valence-electron chi connectivity index (χ4n) is 2.30. The number of nitrogens with one attached hydrogen (secondary N) is 1. The van der Waals surface area contributed by atoms with Gasteiger partial charge in [-0.3, -0.25) is 9.59 Å². The van der Waals surface area contributed by atoms with E-state index >= 15 is 0 Å². The molecule has 1 saturated heterocycles. The molecule has 0 radical (unpaired) electrons. The van der Waals surface area contributed by atoms with Crippen LogP contribution in [0.3, 0.4) is 0 Å². The second kappa shape index (κ2) is 5.78. The van der Waals surface area contributed by atoms with E-state index in [4.69, 9.17) is 0 Å². The van der Waals surface area contributed by atoms with Crippen molar-refractivity contribution in [1.82, 2.24) is 20.0 Å². The molecule has 6 heteroatoms. The fourth-order valence-corrected chi connectivity index (χ4v) is 2.30. The van der Waals surface area contributed by atoms with E-state index in [-0.39, 0.29) is 18.4 Å². The molecule has 0 bridgehead atoms. The van der Waals surface area contributed by atoms with Gasteiger partial charge >= 0.3 is 0 Å². The maximum atomic E-state index is 12.4. The van der Waals surface area contributed by atoms with Crippen LogP contribution in [-0.4, -0.2) is 46.1 Å². The van der Waals surface area contributed by atoms with Crippen molar-refractivity contribution in [3.8, 4) is 5.69 Å². The Labute approximate surface area is 122 Å². The number of hydrogen-bond acceptors (Lipinski definition) is 3. The minimum absolute atomic E-state index is 0.0943. The van der Waals surface area contributed by atoms with Gasteiger partial charge in [-0.1, -0.05) is 18.2 Å². The van der Waals surface area contributed by atoms with Crippen molar-refractivity contribution in [2.24, 2.45) is 0 Å². The van der Waals surface area contributed by atoms with Gasteiger partial charge in [0.25, 0.3) is 5.91 Å². The molecular formula is C15H16N4O2. The molecule has 108 valence electrons. The average molecular weight is 284 g/mol. The van der Waals surface area contributed by atoms with Gasteiger partial charge in [0.2, 0.25) is 5.91 Å². The van der Waals surface area contributed by atoms with Gasteiger partial charge in [0.15, 0.2) is 5.69 Å². The molecule has 1 aromatic carbocycles. The zero-order valence-electron chi connectivity index (χ0n) is 11.5. The average Bonchev–Trinajstić information content (AvgIpc) is 2.90. The minimum Gasteiger partial charge on any atom is -0.354 e. The summed E-state index contributed by atoms with van der Waals surface area (Å²) in [5.41, 5.74) is 1.25. The van der Waals surface area contributed by atoms with E-state index in [1.54, 1.807) is 21.8 Å². The Morgan fingerprint density at radius 2 is 2.00 bits per heavy atom. The molecule has 6 nitrogen and oxygen atoms in total. The Balaban J connectivity index is 1.79. The monoisotopic (exact) mass is 284 g/mol. The summed E-state index contributed by atoms with van der Waals surface area (Å²) in [6.45, 7) is 1.27. The van der Waals surface area contributed by atoms with Crippen LogP contribution in [0.5, 0.6) is 0 Å². The van der Waals surface area contributed by atoms with Gasteiger partial charge in [-0.15, -0.1) is 0 Å². The molecule has 2 amide bonds. The van der Waals surface area contributed by atoms with Crippen LogP contribution in [0, 0.1) is 0 Å². The summed E-state index contributed by atoms with van der Waals surface area (Å²) >= 11 is 0. The molecule has 0 saturated carbocycles. The molecule has 0 atom stereocenters. The van der Waals surface area contributed by atoms with Crippen molar-refractivity contribution in [1.29, 1.82) is 0 Å². The van der Waals surface area contributed by atoms with Crippen LogP contribution in [0.25, 0.3) is 5.69 Å². The van der Waals surface area contributed by atoms with Crippen molar-refractivity contribution >= 4 is 11.8 Å². The Kier molecular flexibility index (Phi) is 3.68. The van der Waals surface area contributed by atoms with Crippen LogP contribution in [0.1, 0.15) is 16.9 Å². The predicted octanol–water partition coefficient (Wildman–Crippen LogP) is 0.834. The van der Waals surface area contributed by atoms with Gasteiger partial charge in [-0.2, -0.15) is 5.10 Å². The van der Waals surface area contributed by atoms with Crippen LogP contribution in [0.2, 0.25) is 0 Å². The molecule has 2 heterocycles. The molecule has 1 N–H and O–H groups in total. The van der Waals surface area contributed by atoms with E-state index in [2.05, 4.69) is 10.4 Å². The van der Waals surface area contributed by atoms with E-state index in [1.165, 1.54) is 0 Å². The third-order valence-electron chi connectivity index (χ3n) is 3.38. The maximum Gasteiger partial charge on any atom is 0.274 e. The van der Waals surface area contributed by atoms with Crippen LogP contribution in [0.4, 0.5) is 0 Å². The molecule has 2 aromatic rings. The van der Waals surface area contributed by atoms with Crippen molar-refractivity contribution in [2.75, 3.05) is 19.6 Å². The lowest BCUT2D eigenvalue weighted by atomic mass is 10.3. The Morgan fingerprint density at radius 1 is 1.19 bits per heavy atom. The highest BCUT2D eigenvalue weighted by molar-refractivity contribution is 5.95. The number of aromatic nitrogens is 2. The summed E-state index contributed by atoms with van der Waals surface area (Å²) in [4.78, 5) is 25.5. The Bertz CT molecular complexity index is 651. The number of amides is 2. The van der Waals surface area contributed by atoms with Gasteiger partial charge in [-0.05, 0) is 24.6 Å². The molecule has 1 aromatic heterocycles. The quantitative estimate of drug-likeness (QED) is 0.888. The Hall–Kier alpha value is -2.63. The second-order valence-electron chi connectivity index (χ2n) is 4.91. The molecule has 21 heavy (non-hydrogen) atoms. The van der Waals surface area contributed by atoms with E-state index in [9.17, 15) is 9.59 Å². The van der Waals surface area contributed by atoms with Gasteiger partial charge in [0.05, 0.1) is 12.2 Å².